The molecule has 1 aromatic heterocycles. The second-order valence-corrected chi connectivity index (χ2v) is 4.56. The van der Waals surface area contributed by atoms with Crippen LogP contribution in [0, 0.1) is 0 Å². The van der Waals surface area contributed by atoms with Crippen molar-refractivity contribution < 1.29 is 17.9 Å². The Bertz CT molecular complexity index is 570. The van der Waals surface area contributed by atoms with E-state index in [1.54, 1.807) is 11.4 Å². The molecule has 1 aromatic carbocycles. The molecule has 0 aliphatic heterocycles. The zero-order valence-corrected chi connectivity index (χ0v) is 10.2. The number of rotatable bonds is 2. The summed E-state index contributed by atoms with van der Waals surface area (Å²) in [6, 6.07) is 4.03. The normalized spacial score (nSPS) is 11.6. The van der Waals surface area contributed by atoms with Crippen LogP contribution in [0.3, 0.4) is 0 Å². The molecule has 2 aromatic rings. The SMILES string of the molecule is Nc1nc(-c2ccc(Cl)c(OC(F)(F)F)c2)cs1. The van der Waals surface area contributed by atoms with Crippen LogP contribution >= 0.6 is 22.9 Å². The van der Waals surface area contributed by atoms with Crippen LogP contribution in [0.5, 0.6) is 5.75 Å². The number of benzene rings is 1. The van der Waals surface area contributed by atoms with E-state index >= 15 is 0 Å². The smallest absolute Gasteiger partial charge is 0.404 e. The van der Waals surface area contributed by atoms with Crippen LogP contribution in [-0.2, 0) is 0 Å². The molecule has 8 heteroatoms. The van der Waals surface area contributed by atoms with Gasteiger partial charge in [0.1, 0.15) is 5.75 Å². The second kappa shape index (κ2) is 4.66. The molecule has 0 saturated heterocycles. The number of halogens is 4. The number of nitrogens with two attached hydrogens (primary N) is 1. The Kier molecular flexibility index (Phi) is 3.36. The predicted molar refractivity (Wildman–Crippen MR) is 63.7 cm³/mol. The first-order valence-electron chi connectivity index (χ1n) is 4.62. The highest BCUT2D eigenvalue weighted by molar-refractivity contribution is 7.13. The molecule has 96 valence electrons. The highest BCUT2D eigenvalue weighted by atomic mass is 35.5. The zero-order valence-electron chi connectivity index (χ0n) is 8.66. The summed E-state index contributed by atoms with van der Waals surface area (Å²) in [5.74, 6) is -0.465. The third-order valence-electron chi connectivity index (χ3n) is 1.97. The third-order valence-corrected chi connectivity index (χ3v) is 2.96. The molecule has 2 rings (SSSR count). The van der Waals surface area contributed by atoms with Gasteiger partial charge in [-0.2, -0.15) is 0 Å². The summed E-state index contributed by atoms with van der Waals surface area (Å²) < 4.78 is 40.2. The summed E-state index contributed by atoms with van der Waals surface area (Å²) in [5, 5.41) is 1.84. The van der Waals surface area contributed by atoms with E-state index in [9.17, 15) is 13.2 Å². The van der Waals surface area contributed by atoms with Crippen LogP contribution in [0.15, 0.2) is 23.6 Å². The van der Waals surface area contributed by atoms with Crippen molar-refractivity contribution in [2.45, 2.75) is 6.36 Å². The monoisotopic (exact) mass is 294 g/mol. The number of nitrogens with zero attached hydrogens (tertiary/aromatic N) is 1. The van der Waals surface area contributed by atoms with Gasteiger partial charge in [-0.1, -0.05) is 17.7 Å². The second-order valence-electron chi connectivity index (χ2n) is 3.26. The van der Waals surface area contributed by atoms with Crippen LogP contribution in [0.25, 0.3) is 11.3 Å². The molecule has 18 heavy (non-hydrogen) atoms. The van der Waals surface area contributed by atoms with Crippen LogP contribution in [0.2, 0.25) is 5.02 Å². The fourth-order valence-electron chi connectivity index (χ4n) is 1.29. The molecule has 0 aliphatic carbocycles. The average molecular weight is 295 g/mol. The standard InChI is InChI=1S/C10H6ClF3N2OS/c11-6-2-1-5(7-4-18-9(15)16-7)3-8(6)17-10(12,13)14/h1-4H,(H2,15,16). The largest absolute Gasteiger partial charge is 0.573 e. The van der Waals surface area contributed by atoms with E-state index in [-0.39, 0.29) is 5.02 Å². The molecule has 0 atom stereocenters. The van der Waals surface area contributed by atoms with E-state index < -0.39 is 12.1 Å². The maximum absolute atomic E-state index is 12.1. The minimum absolute atomic E-state index is 0.126. The number of aromatic nitrogens is 1. The lowest BCUT2D eigenvalue weighted by atomic mass is 10.1. The Labute approximate surface area is 109 Å². The van der Waals surface area contributed by atoms with Gasteiger partial charge in [-0.15, -0.1) is 24.5 Å². The first-order valence-corrected chi connectivity index (χ1v) is 5.87. The number of thiazole rings is 1. The van der Waals surface area contributed by atoms with Gasteiger partial charge >= 0.3 is 6.36 Å². The number of ether oxygens (including phenoxy) is 1. The van der Waals surface area contributed by atoms with Gasteiger partial charge in [-0.05, 0) is 12.1 Å². The Morgan fingerprint density at radius 1 is 1.33 bits per heavy atom. The lowest BCUT2D eigenvalue weighted by Crippen LogP contribution is -2.17. The molecule has 3 nitrogen and oxygen atoms in total. The molecule has 0 aliphatic rings. The molecule has 0 radical (unpaired) electrons. The molecular weight excluding hydrogens is 289 g/mol. The number of hydrogen-bond acceptors (Lipinski definition) is 4. The fourth-order valence-corrected chi connectivity index (χ4v) is 2.01. The Morgan fingerprint density at radius 3 is 2.61 bits per heavy atom. The zero-order chi connectivity index (χ0) is 13.3. The predicted octanol–water partition coefficient (Wildman–Crippen LogP) is 3.94. The van der Waals surface area contributed by atoms with Crippen LogP contribution < -0.4 is 10.5 Å². The van der Waals surface area contributed by atoms with Gasteiger partial charge in [0.25, 0.3) is 0 Å². The van der Waals surface area contributed by atoms with Crippen molar-refractivity contribution in [3.63, 3.8) is 0 Å². The number of nitrogen functional groups attached to an aromatic ring is 1. The summed E-state index contributed by atoms with van der Waals surface area (Å²) in [6.07, 6.45) is -4.79. The van der Waals surface area contributed by atoms with Crippen molar-refractivity contribution in [1.29, 1.82) is 0 Å². The molecule has 1 heterocycles. The third kappa shape index (κ3) is 3.05. The molecule has 0 fully saturated rings. The van der Waals surface area contributed by atoms with Crippen molar-refractivity contribution in [3.8, 4) is 17.0 Å². The van der Waals surface area contributed by atoms with E-state index in [0.717, 1.165) is 0 Å². The molecule has 2 N–H and O–H groups in total. The van der Waals surface area contributed by atoms with Gasteiger partial charge in [-0.3, -0.25) is 0 Å². The molecular formula is C10H6ClF3N2OS. The average Bonchev–Trinajstić information content (AvgIpc) is 2.66. The lowest BCUT2D eigenvalue weighted by Gasteiger charge is -2.11. The van der Waals surface area contributed by atoms with Crippen molar-refractivity contribution in [2.24, 2.45) is 0 Å². The van der Waals surface area contributed by atoms with Gasteiger partial charge in [0, 0.05) is 10.9 Å². The summed E-state index contributed by atoms with van der Waals surface area (Å²) in [5.41, 5.74) is 6.38. The highest BCUT2D eigenvalue weighted by Gasteiger charge is 2.32. The van der Waals surface area contributed by atoms with E-state index in [2.05, 4.69) is 9.72 Å². The summed E-state index contributed by atoms with van der Waals surface area (Å²) in [6.45, 7) is 0. The van der Waals surface area contributed by atoms with Crippen molar-refractivity contribution in [3.05, 3.63) is 28.6 Å². The molecule has 0 amide bonds. The van der Waals surface area contributed by atoms with E-state index in [0.29, 0.717) is 16.4 Å². The first kappa shape index (κ1) is 13.0. The van der Waals surface area contributed by atoms with Crippen molar-refractivity contribution in [1.82, 2.24) is 4.98 Å². The quantitative estimate of drug-likeness (QED) is 0.912. The number of alkyl halides is 3. The molecule has 0 bridgehead atoms. The summed E-state index contributed by atoms with van der Waals surface area (Å²) in [7, 11) is 0. The Morgan fingerprint density at radius 2 is 2.06 bits per heavy atom. The van der Waals surface area contributed by atoms with Crippen LogP contribution in [0.4, 0.5) is 18.3 Å². The lowest BCUT2D eigenvalue weighted by molar-refractivity contribution is -0.274. The van der Waals surface area contributed by atoms with Gasteiger partial charge < -0.3 is 10.5 Å². The highest BCUT2D eigenvalue weighted by Crippen LogP contribution is 2.34. The Hall–Kier alpha value is -1.47. The fraction of sp³-hybridized carbons (Fsp3) is 0.100. The van der Waals surface area contributed by atoms with Crippen LogP contribution in [-0.4, -0.2) is 11.3 Å². The van der Waals surface area contributed by atoms with Crippen LogP contribution in [0.1, 0.15) is 0 Å². The van der Waals surface area contributed by atoms with E-state index in [4.69, 9.17) is 17.3 Å². The minimum atomic E-state index is -4.79. The maximum atomic E-state index is 12.1. The van der Waals surface area contributed by atoms with Gasteiger partial charge in [-0.25, -0.2) is 4.98 Å². The number of hydrogen-bond donors (Lipinski definition) is 1. The minimum Gasteiger partial charge on any atom is -0.404 e. The van der Waals surface area contributed by atoms with E-state index in [1.165, 1.54) is 23.5 Å². The van der Waals surface area contributed by atoms with Gasteiger partial charge in [0.05, 0.1) is 10.7 Å². The molecule has 0 spiro atoms. The molecule has 0 saturated carbocycles. The van der Waals surface area contributed by atoms with E-state index in [1.807, 2.05) is 0 Å². The number of anilines is 1. The van der Waals surface area contributed by atoms with Crippen molar-refractivity contribution in [2.75, 3.05) is 5.73 Å². The van der Waals surface area contributed by atoms with Crippen molar-refractivity contribution >= 4 is 28.1 Å². The Balaban J connectivity index is 2.37. The maximum Gasteiger partial charge on any atom is 0.573 e. The van der Waals surface area contributed by atoms with Gasteiger partial charge in [0.2, 0.25) is 0 Å². The summed E-state index contributed by atoms with van der Waals surface area (Å²) in [4.78, 5) is 3.96. The van der Waals surface area contributed by atoms with Gasteiger partial charge in [0.15, 0.2) is 5.13 Å². The molecule has 0 unspecified atom stereocenters. The topological polar surface area (TPSA) is 48.1 Å². The summed E-state index contributed by atoms with van der Waals surface area (Å²) >= 11 is 6.82. The first-order chi connectivity index (χ1) is 8.35.